The van der Waals surface area contributed by atoms with E-state index in [9.17, 15) is 9.59 Å². The lowest BCUT2D eigenvalue weighted by molar-refractivity contribution is -0.139. The molecule has 44 heavy (non-hydrogen) atoms. The molecule has 3 aromatic carbocycles. The lowest BCUT2D eigenvalue weighted by Gasteiger charge is -2.24. The Morgan fingerprint density at radius 3 is 2.41 bits per heavy atom. The number of methoxy groups -OCH3 is 1. The van der Waals surface area contributed by atoms with Crippen LogP contribution in [0.1, 0.15) is 43.5 Å². The van der Waals surface area contributed by atoms with E-state index in [1.807, 2.05) is 55.5 Å². The van der Waals surface area contributed by atoms with Crippen LogP contribution in [0.2, 0.25) is 5.02 Å². The van der Waals surface area contributed by atoms with Crippen LogP contribution in [0.25, 0.3) is 6.08 Å². The summed E-state index contributed by atoms with van der Waals surface area (Å²) in [7, 11) is 1.58. The van der Waals surface area contributed by atoms with Crippen molar-refractivity contribution in [3.63, 3.8) is 0 Å². The van der Waals surface area contributed by atoms with Crippen molar-refractivity contribution >= 4 is 50.9 Å². The molecule has 0 bridgehead atoms. The van der Waals surface area contributed by atoms with Crippen molar-refractivity contribution in [1.29, 1.82) is 0 Å². The van der Waals surface area contributed by atoms with Gasteiger partial charge in [-0.15, -0.1) is 0 Å². The number of carbonyl (C=O) groups is 1. The van der Waals surface area contributed by atoms with Crippen molar-refractivity contribution in [1.82, 2.24) is 4.57 Å². The topological polar surface area (TPSA) is 88.4 Å². The number of benzene rings is 3. The van der Waals surface area contributed by atoms with E-state index in [1.54, 1.807) is 43.7 Å². The minimum absolute atomic E-state index is 0.199. The summed E-state index contributed by atoms with van der Waals surface area (Å²) in [5, 5.41) is 0.656. The normalized spacial score (nSPS) is 14.6. The van der Waals surface area contributed by atoms with Gasteiger partial charge in [-0.1, -0.05) is 63.1 Å². The Morgan fingerprint density at radius 2 is 1.75 bits per heavy atom. The molecule has 0 aliphatic carbocycles. The average molecular weight is 698 g/mol. The number of hydrogen-bond acceptors (Lipinski definition) is 8. The van der Waals surface area contributed by atoms with Gasteiger partial charge in [0.1, 0.15) is 12.4 Å². The Bertz CT molecular complexity index is 1900. The van der Waals surface area contributed by atoms with Crippen molar-refractivity contribution in [2.24, 2.45) is 4.99 Å². The van der Waals surface area contributed by atoms with Crippen LogP contribution in [0.3, 0.4) is 0 Å². The molecule has 1 atom stereocenters. The fourth-order valence-corrected chi connectivity index (χ4v) is 6.42. The van der Waals surface area contributed by atoms with Crippen LogP contribution in [-0.2, 0) is 16.1 Å². The van der Waals surface area contributed by atoms with Gasteiger partial charge in [-0.3, -0.25) is 9.36 Å². The monoisotopic (exact) mass is 696 g/mol. The van der Waals surface area contributed by atoms with E-state index in [1.165, 1.54) is 11.3 Å². The molecule has 228 valence electrons. The zero-order valence-corrected chi connectivity index (χ0v) is 27.7. The Labute approximate surface area is 272 Å². The molecule has 4 aromatic rings. The summed E-state index contributed by atoms with van der Waals surface area (Å²) < 4.78 is 25.4. The first-order valence-electron chi connectivity index (χ1n) is 13.9. The number of thiazole rings is 1. The Hall–Kier alpha value is -3.86. The van der Waals surface area contributed by atoms with E-state index in [0.29, 0.717) is 60.6 Å². The fraction of sp³-hybridized carbons (Fsp3) is 0.242. The molecule has 0 radical (unpaired) electrons. The Kier molecular flexibility index (Phi) is 9.93. The van der Waals surface area contributed by atoms with Gasteiger partial charge < -0.3 is 18.9 Å². The second-order valence-corrected chi connectivity index (χ2v) is 12.0. The van der Waals surface area contributed by atoms with Gasteiger partial charge in [0.05, 0.1) is 42.2 Å². The minimum atomic E-state index is -0.718. The summed E-state index contributed by atoms with van der Waals surface area (Å²) in [6.45, 7) is 6.35. The van der Waals surface area contributed by atoms with E-state index in [4.69, 9.17) is 30.5 Å². The van der Waals surface area contributed by atoms with Crippen LogP contribution in [0.4, 0.5) is 0 Å². The maximum Gasteiger partial charge on any atom is 0.338 e. The van der Waals surface area contributed by atoms with E-state index in [-0.39, 0.29) is 12.2 Å². The standard InChI is InChI=1S/C33H30BrClN2O6S/c1-5-41-26-15-22(25(34)17-27(26)43-18-20-7-11-23(35)12-8-20)16-28-31(38)37-30(21-9-13-24(40-4)14-10-21)29(32(39)42-6-2)19(3)36-33(37)44-28/h7-17,30H,5-6,18H2,1-4H3/b28-16-/t30-/m1/s1. The number of fused-ring (bicyclic) bond motifs is 1. The predicted octanol–water partition coefficient (Wildman–Crippen LogP) is 6.20. The first kappa shape index (κ1) is 31.6. The van der Waals surface area contributed by atoms with Crippen molar-refractivity contribution in [3.8, 4) is 17.2 Å². The fourth-order valence-electron chi connectivity index (χ4n) is 4.82. The highest BCUT2D eigenvalue weighted by atomic mass is 79.9. The van der Waals surface area contributed by atoms with Gasteiger partial charge in [0.2, 0.25) is 0 Å². The van der Waals surface area contributed by atoms with Crippen LogP contribution in [-0.4, -0.2) is 30.9 Å². The number of carbonyl (C=O) groups excluding carboxylic acids is 1. The largest absolute Gasteiger partial charge is 0.497 e. The van der Waals surface area contributed by atoms with Crippen LogP contribution in [0.5, 0.6) is 17.2 Å². The molecule has 0 saturated heterocycles. The van der Waals surface area contributed by atoms with Gasteiger partial charge in [0, 0.05) is 9.50 Å². The summed E-state index contributed by atoms with van der Waals surface area (Å²) >= 11 is 10.9. The molecule has 0 saturated carbocycles. The number of nitrogens with zero attached hydrogens (tertiary/aromatic N) is 2. The molecule has 0 N–H and O–H groups in total. The third-order valence-electron chi connectivity index (χ3n) is 6.91. The number of aromatic nitrogens is 1. The van der Waals surface area contributed by atoms with Crippen LogP contribution in [0.15, 0.2) is 86.2 Å². The molecule has 1 aromatic heterocycles. The minimum Gasteiger partial charge on any atom is -0.497 e. The summed E-state index contributed by atoms with van der Waals surface area (Å²) in [6, 6.07) is 17.7. The van der Waals surface area contributed by atoms with Crippen LogP contribution in [0, 0.1) is 0 Å². The number of allylic oxidation sites excluding steroid dienone is 1. The van der Waals surface area contributed by atoms with Crippen LogP contribution < -0.4 is 29.1 Å². The first-order valence-corrected chi connectivity index (χ1v) is 15.9. The molecule has 2 heterocycles. The SMILES string of the molecule is CCOC(=O)C1=C(C)N=c2s/c(=C\c3cc(OCC)c(OCc4ccc(Cl)cc4)cc3Br)c(=O)n2[C@@H]1c1ccc(OC)cc1. The van der Waals surface area contributed by atoms with Crippen molar-refractivity contribution in [2.75, 3.05) is 20.3 Å². The lowest BCUT2D eigenvalue weighted by atomic mass is 9.96. The zero-order chi connectivity index (χ0) is 31.4. The smallest absolute Gasteiger partial charge is 0.338 e. The number of rotatable bonds is 10. The molecule has 0 amide bonds. The molecular formula is C33H30BrClN2O6S. The Balaban J connectivity index is 1.58. The molecule has 5 rings (SSSR count). The predicted molar refractivity (Wildman–Crippen MR) is 174 cm³/mol. The van der Waals surface area contributed by atoms with Gasteiger partial charge in [-0.25, -0.2) is 9.79 Å². The van der Waals surface area contributed by atoms with Crippen LogP contribution >= 0.6 is 38.9 Å². The second kappa shape index (κ2) is 13.8. The van der Waals surface area contributed by atoms with Crippen molar-refractivity contribution in [3.05, 3.63) is 118 Å². The Morgan fingerprint density at radius 1 is 1.05 bits per heavy atom. The molecule has 0 unspecified atom stereocenters. The van der Waals surface area contributed by atoms with Crippen molar-refractivity contribution < 1.29 is 23.7 Å². The lowest BCUT2D eigenvalue weighted by Crippen LogP contribution is -2.39. The zero-order valence-electron chi connectivity index (χ0n) is 24.6. The second-order valence-electron chi connectivity index (χ2n) is 9.74. The molecular weight excluding hydrogens is 668 g/mol. The molecule has 1 aliphatic heterocycles. The van der Waals surface area contributed by atoms with E-state index >= 15 is 0 Å². The molecule has 11 heteroatoms. The maximum atomic E-state index is 14.0. The molecule has 8 nitrogen and oxygen atoms in total. The maximum absolute atomic E-state index is 14.0. The van der Waals surface area contributed by atoms with E-state index in [0.717, 1.165) is 16.7 Å². The van der Waals surface area contributed by atoms with E-state index < -0.39 is 12.0 Å². The van der Waals surface area contributed by atoms with Gasteiger partial charge in [-0.2, -0.15) is 0 Å². The number of hydrogen-bond donors (Lipinski definition) is 0. The third-order valence-corrected chi connectivity index (χ3v) is 8.83. The van der Waals surface area contributed by atoms with Gasteiger partial charge in [0.25, 0.3) is 5.56 Å². The number of esters is 1. The number of halogens is 2. The van der Waals surface area contributed by atoms with Gasteiger partial charge in [-0.05, 0) is 79.9 Å². The summed E-state index contributed by atoms with van der Waals surface area (Å²) in [6.07, 6.45) is 1.79. The highest BCUT2D eigenvalue weighted by molar-refractivity contribution is 9.10. The highest BCUT2D eigenvalue weighted by Gasteiger charge is 2.33. The molecule has 1 aliphatic rings. The average Bonchev–Trinajstić information content (AvgIpc) is 3.32. The first-order chi connectivity index (χ1) is 21.2. The number of ether oxygens (including phenoxy) is 4. The highest BCUT2D eigenvalue weighted by Crippen LogP contribution is 2.35. The quantitative estimate of drug-likeness (QED) is 0.184. The molecule has 0 fully saturated rings. The van der Waals surface area contributed by atoms with E-state index in [2.05, 4.69) is 20.9 Å². The summed E-state index contributed by atoms with van der Waals surface area (Å²) in [4.78, 5) is 32.3. The summed E-state index contributed by atoms with van der Waals surface area (Å²) in [5.74, 6) is 1.25. The summed E-state index contributed by atoms with van der Waals surface area (Å²) in [5.41, 5.74) is 2.95. The van der Waals surface area contributed by atoms with Gasteiger partial charge in [0.15, 0.2) is 16.3 Å². The molecule has 0 spiro atoms. The third kappa shape index (κ3) is 6.62. The van der Waals surface area contributed by atoms with Crippen molar-refractivity contribution in [2.45, 2.75) is 33.4 Å². The van der Waals surface area contributed by atoms with Gasteiger partial charge >= 0.3 is 5.97 Å².